The monoisotopic (exact) mass is 353 g/mol. The van der Waals surface area contributed by atoms with Gasteiger partial charge < -0.3 is 26.8 Å². The molecule has 134 valence electrons. The van der Waals surface area contributed by atoms with Gasteiger partial charge in [-0.25, -0.2) is 9.83 Å². The maximum atomic E-state index is 11.7. The molecule has 0 spiro atoms. The highest BCUT2D eigenvalue weighted by Crippen LogP contribution is 2.24. The maximum absolute atomic E-state index is 11.7. The topological polar surface area (TPSA) is 133 Å². The van der Waals surface area contributed by atoms with Crippen LogP contribution in [0.15, 0.2) is 30.5 Å². The Morgan fingerprint density at radius 2 is 2.27 bits per heavy atom. The minimum absolute atomic E-state index is 0.0264. The fourth-order valence-electron chi connectivity index (χ4n) is 2.62. The van der Waals surface area contributed by atoms with E-state index < -0.39 is 5.91 Å². The molecule has 3 rings (SSSR count). The van der Waals surface area contributed by atoms with Crippen LogP contribution in [-0.2, 0) is 4.74 Å². The van der Waals surface area contributed by atoms with Crippen molar-refractivity contribution in [3.8, 4) is 0 Å². The Hall–Kier alpha value is -3.22. The van der Waals surface area contributed by atoms with E-state index in [0.717, 1.165) is 6.42 Å². The molecule has 2 heterocycles. The Labute approximate surface area is 150 Å². The number of aromatic nitrogens is 2. The van der Waals surface area contributed by atoms with Gasteiger partial charge in [0.2, 0.25) is 5.95 Å². The Bertz CT molecular complexity index is 849. The lowest BCUT2D eigenvalue weighted by Gasteiger charge is -2.29. The molecular formula is C17H19N7O2. The number of carbonyl (C=O) groups is 1. The lowest BCUT2D eigenvalue weighted by molar-refractivity contribution is 0.0751. The first kappa shape index (κ1) is 17.6. The first-order valence-electron chi connectivity index (χ1n) is 8.08. The van der Waals surface area contributed by atoms with E-state index in [-0.39, 0.29) is 23.5 Å². The number of primary amides is 1. The second-order valence-electron chi connectivity index (χ2n) is 5.89. The second kappa shape index (κ2) is 7.77. The van der Waals surface area contributed by atoms with Crippen molar-refractivity contribution in [3.05, 3.63) is 47.4 Å². The number of rotatable bonds is 5. The number of hydrogen-bond donors (Lipinski definition) is 4. The van der Waals surface area contributed by atoms with Gasteiger partial charge >= 0.3 is 0 Å². The van der Waals surface area contributed by atoms with E-state index in [1.165, 1.54) is 6.20 Å². The summed E-state index contributed by atoms with van der Waals surface area (Å²) < 4.78 is 5.32. The number of nitrogens with one attached hydrogen (secondary N) is 2. The van der Waals surface area contributed by atoms with Crippen molar-refractivity contribution in [2.75, 3.05) is 23.8 Å². The molecule has 0 saturated carbocycles. The molecule has 1 amide bonds. The van der Waals surface area contributed by atoms with Gasteiger partial charge in [0.1, 0.15) is 11.4 Å². The molecule has 6 N–H and O–H groups in total. The lowest BCUT2D eigenvalue weighted by Crippen LogP contribution is -2.47. The van der Waals surface area contributed by atoms with Crippen LogP contribution in [0, 0.1) is 6.57 Å². The molecule has 9 nitrogen and oxygen atoms in total. The fraction of sp³-hybridized carbons (Fsp3) is 0.294. The first-order chi connectivity index (χ1) is 12.6. The van der Waals surface area contributed by atoms with Crippen molar-refractivity contribution < 1.29 is 9.53 Å². The van der Waals surface area contributed by atoms with Gasteiger partial charge in [0.15, 0.2) is 5.69 Å². The van der Waals surface area contributed by atoms with Crippen LogP contribution in [0.5, 0.6) is 0 Å². The van der Waals surface area contributed by atoms with Crippen molar-refractivity contribution in [1.29, 1.82) is 0 Å². The zero-order chi connectivity index (χ0) is 18.5. The van der Waals surface area contributed by atoms with E-state index in [1.54, 1.807) is 24.3 Å². The van der Waals surface area contributed by atoms with Crippen LogP contribution >= 0.6 is 0 Å². The third-order valence-electron chi connectivity index (χ3n) is 4.01. The van der Waals surface area contributed by atoms with Crippen LogP contribution in [0.2, 0.25) is 0 Å². The zero-order valence-corrected chi connectivity index (χ0v) is 14.0. The molecule has 1 aliphatic heterocycles. The van der Waals surface area contributed by atoms with E-state index in [4.69, 9.17) is 22.8 Å². The summed E-state index contributed by atoms with van der Waals surface area (Å²) in [7, 11) is 0. The van der Waals surface area contributed by atoms with Gasteiger partial charge in [0.25, 0.3) is 5.91 Å². The Morgan fingerprint density at radius 1 is 1.42 bits per heavy atom. The van der Waals surface area contributed by atoms with Gasteiger partial charge in [0.05, 0.1) is 13.2 Å². The average Bonchev–Trinajstić information content (AvgIpc) is 2.64. The standard InChI is InChI=1S/C17H19N7O2/c1-20-10-3-2-4-11(7-10)22-16-12(15(19)25)8-21-17(24-16)23-14-5-6-26-9-13(14)18/h2-4,7-8,13-14H,5-6,9,18H2,(H2,19,25)(H2,21,22,23,24)/t13-,14+/m0/s1. The van der Waals surface area contributed by atoms with Gasteiger partial charge in [-0.15, -0.1) is 0 Å². The number of amides is 1. The molecule has 0 bridgehead atoms. The molecule has 1 aromatic heterocycles. The summed E-state index contributed by atoms with van der Waals surface area (Å²) in [5.41, 5.74) is 12.7. The SMILES string of the molecule is [C-]#[N+]c1cccc(Nc2nc(N[C@@H]3CCOC[C@@H]3N)ncc2C(N)=O)c1. The number of nitrogens with zero attached hydrogens (tertiary/aromatic N) is 3. The van der Waals surface area contributed by atoms with Crippen molar-refractivity contribution in [1.82, 2.24) is 9.97 Å². The molecule has 0 aliphatic carbocycles. The molecule has 0 radical (unpaired) electrons. The largest absolute Gasteiger partial charge is 0.380 e. The van der Waals surface area contributed by atoms with Crippen molar-refractivity contribution >= 4 is 29.0 Å². The number of carbonyl (C=O) groups excluding carboxylic acids is 1. The predicted octanol–water partition coefficient (Wildman–Crippen LogP) is 1.40. The second-order valence-corrected chi connectivity index (χ2v) is 5.89. The highest BCUT2D eigenvalue weighted by molar-refractivity contribution is 5.98. The summed E-state index contributed by atoms with van der Waals surface area (Å²) in [6.07, 6.45) is 2.10. The van der Waals surface area contributed by atoms with Crippen molar-refractivity contribution in [3.63, 3.8) is 0 Å². The quantitative estimate of drug-likeness (QED) is 0.597. The third kappa shape index (κ3) is 4.05. The van der Waals surface area contributed by atoms with E-state index in [9.17, 15) is 4.79 Å². The Balaban J connectivity index is 1.86. The lowest BCUT2D eigenvalue weighted by atomic mass is 10.1. The number of ether oxygens (including phenoxy) is 1. The summed E-state index contributed by atoms with van der Waals surface area (Å²) >= 11 is 0. The smallest absolute Gasteiger partial charge is 0.254 e. The van der Waals surface area contributed by atoms with Crippen LogP contribution in [-0.4, -0.2) is 41.2 Å². The molecule has 1 fully saturated rings. The highest BCUT2D eigenvalue weighted by Gasteiger charge is 2.23. The van der Waals surface area contributed by atoms with E-state index in [1.807, 2.05) is 0 Å². The molecular weight excluding hydrogens is 334 g/mol. The van der Waals surface area contributed by atoms with E-state index >= 15 is 0 Å². The third-order valence-corrected chi connectivity index (χ3v) is 4.01. The number of anilines is 3. The van der Waals surface area contributed by atoms with Gasteiger partial charge in [0, 0.05) is 30.6 Å². The van der Waals surface area contributed by atoms with Crippen LogP contribution in [0.3, 0.4) is 0 Å². The highest BCUT2D eigenvalue weighted by atomic mass is 16.5. The molecule has 1 aromatic carbocycles. The normalized spacial score (nSPS) is 19.4. The van der Waals surface area contributed by atoms with Crippen molar-refractivity contribution in [2.24, 2.45) is 11.5 Å². The predicted molar refractivity (Wildman–Crippen MR) is 97.4 cm³/mol. The van der Waals surface area contributed by atoms with Gasteiger partial charge in [-0.05, 0) is 18.6 Å². The molecule has 1 saturated heterocycles. The van der Waals surface area contributed by atoms with Crippen LogP contribution in [0.25, 0.3) is 4.85 Å². The zero-order valence-electron chi connectivity index (χ0n) is 14.0. The van der Waals surface area contributed by atoms with Gasteiger partial charge in [-0.1, -0.05) is 12.1 Å². The average molecular weight is 353 g/mol. The molecule has 2 atom stereocenters. The maximum Gasteiger partial charge on any atom is 0.254 e. The van der Waals surface area contributed by atoms with E-state index in [2.05, 4.69) is 25.4 Å². The van der Waals surface area contributed by atoms with Gasteiger partial charge in [-0.3, -0.25) is 4.79 Å². The summed E-state index contributed by atoms with van der Waals surface area (Å²) in [4.78, 5) is 23.6. The number of benzene rings is 1. The molecule has 0 unspecified atom stereocenters. The Kier molecular flexibility index (Phi) is 5.26. The van der Waals surface area contributed by atoms with Crippen LogP contribution in [0.4, 0.5) is 23.1 Å². The summed E-state index contributed by atoms with van der Waals surface area (Å²) in [5, 5.41) is 6.20. The van der Waals surface area contributed by atoms with Gasteiger partial charge in [-0.2, -0.15) is 4.98 Å². The summed E-state index contributed by atoms with van der Waals surface area (Å²) in [5.74, 6) is -0.0536. The fourth-order valence-corrected chi connectivity index (χ4v) is 2.62. The molecule has 1 aliphatic rings. The minimum atomic E-state index is -0.650. The molecule has 26 heavy (non-hydrogen) atoms. The molecule has 2 aromatic rings. The number of hydrogen-bond acceptors (Lipinski definition) is 7. The first-order valence-corrected chi connectivity index (χ1v) is 8.08. The number of nitrogens with two attached hydrogens (primary N) is 2. The van der Waals surface area contributed by atoms with Crippen LogP contribution < -0.4 is 22.1 Å². The summed E-state index contributed by atoms with van der Waals surface area (Å²) in [6.45, 7) is 8.17. The van der Waals surface area contributed by atoms with Crippen LogP contribution in [0.1, 0.15) is 16.8 Å². The summed E-state index contributed by atoms with van der Waals surface area (Å²) in [6, 6.07) is 6.65. The van der Waals surface area contributed by atoms with E-state index in [0.29, 0.717) is 30.5 Å². The Morgan fingerprint density at radius 3 is 3.00 bits per heavy atom. The molecule has 9 heteroatoms. The minimum Gasteiger partial charge on any atom is -0.380 e. The van der Waals surface area contributed by atoms with Crippen molar-refractivity contribution in [2.45, 2.75) is 18.5 Å².